The maximum Gasteiger partial charge on any atom is 0.416 e. The number of fused-ring (bicyclic) bond motifs is 1. The van der Waals surface area contributed by atoms with Gasteiger partial charge in [-0.25, -0.2) is 0 Å². The molecule has 3 saturated carbocycles. The summed E-state index contributed by atoms with van der Waals surface area (Å²) in [6, 6.07) is 4.82. The number of rotatable bonds is 6. The van der Waals surface area contributed by atoms with Crippen LogP contribution in [0.25, 0.3) is 0 Å². The molecule has 1 atom stereocenters. The molecule has 7 heteroatoms. The van der Waals surface area contributed by atoms with Crippen LogP contribution in [0.2, 0.25) is 18.1 Å². The van der Waals surface area contributed by atoms with Gasteiger partial charge in [0.2, 0.25) is 0 Å². The van der Waals surface area contributed by atoms with Crippen LogP contribution < -0.4 is 0 Å². The fraction of sp³-hybridized carbons (Fsp3) is 0.657. The summed E-state index contributed by atoms with van der Waals surface area (Å²) in [5.74, 6) is 0.315. The zero-order chi connectivity index (χ0) is 30.1. The van der Waals surface area contributed by atoms with E-state index in [1.54, 1.807) is 0 Å². The van der Waals surface area contributed by atoms with Gasteiger partial charge < -0.3 is 4.43 Å². The van der Waals surface area contributed by atoms with Gasteiger partial charge in [-0.05, 0) is 98.5 Å². The van der Waals surface area contributed by atoms with Crippen molar-refractivity contribution in [1.29, 1.82) is 0 Å². The summed E-state index contributed by atoms with van der Waals surface area (Å²) in [5, 5.41) is 0.0466. The quantitative estimate of drug-likeness (QED) is 0.246. The molecule has 0 saturated heterocycles. The monoisotopic (exact) mass is 597 g/mol. The normalized spacial score (nSPS) is 23.0. The number of hydrogen-bond donors (Lipinski definition) is 0. The first-order chi connectivity index (χ1) is 19.7. The number of aromatic nitrogens is 1. The van der Waals surface area contributed by atoms with Crippen LogP contribution in [-0.2, 0) is 17.0 Å². The number of nitrogens with zero attached hydrogens (tertiary/aromatic N) is 1. The van der Waals surface area contributed by atoms with E-state index in [2.05, 4.69) is 33.9 Å². The highest BCUT2D eigenvalue weighted by Gasteiger charge is 2.52. The van der Waals surface area contributed by atoms with Crippen molar-refractivity contribution in [3.63, 3.8) is 0 Å². The van der Waals surface area contributed by atoms with Crippen molar-refractivity contribution in [2.75, 3.05) is 0 Å². The SMILES string of the molecule is CC(C)(C)[Si](C)(C)O[C@H]1CC2(CC2)Cc2nc(C3CCCC3)c(C(=O)c3ccc(C(F)(F)F)cc3)c(C3CCCC3)c21. The molecule has 1 heterocycles. The van der Waals surface area contributed by atoms with Gasteiger partial charge in [-0.1, -0.05) is 58.6 Å². The summed E-state index contributed by atoms with van der Waals surface area (Å²) in [7, 11) is -2.15. The summed E-state index contributed by atoms with van der Waals surface area (Å²) in [4.78, 5) is 20.0. The predicted octanol–water partition coefficient (Wildman–Crippen LogP) is 10.4. The third-order valence-corrected chi connectivity index (χ3v) is 15.8. The Morgan fingerprint density at radius 3 is 2.00 bits per heavy atom. The van der Waals surface area contributed by atoms with E-state index in [0.29, 0.717) is 11.1 Å². The van der Waals surface area contributed by atoms with E-state index in [1.807, 2.05) is 0 Å². The van der Waals surface area contributed by atoms with Gasteiger partial charge in [-0.3, -0.25) is 9.78 Å². The van der Waals surface area contributed by atoms with E-state index in [4.69, 9.17) is 9.41 Å². The Morgan fingerprint density at radius 1 is 0.905 bits per heavy atom. The number of hydrogen-bond acceptors (Lipinski definition) is 3. The van der Waals surface area contributed by atoms with E-state index >= 15 is 0 Å². The molecule has 2 aromatic rings. The Hall–Kier alpha value is -1.99. The van der Waals surface area contributed by atoms with Crippen LogP contribution >= 0.6 is 0 Å². The topological polar surface area (TPSA) is 39.2 Å². The van der Waals surface area contributed by atoms with Crippen molar-refractivity contribution < 1.29 is 22.4 Å². The van der Waals surface area contributed by atoms with Crippen molar-refractivity contribution in [2.24, 2.45) is 5.41 Å². The zero-order valence-electron chi connectivity index (χ0n) is 25.9. The lowest BCUT2D eigenvalue weighted by Gasteiger charge is -2.43. The van der Waals surface area contributed by atoms with E-state index in [0.717, 1.165) is 93.3 Å². The largest absolute Gasteiger partial charge is 0.416 e. The first kappa shape index (κ1) is 30.1. The highest BCUT2D eigenvalue weighted by Crippen LogP contribution is 2.61. The van der Waals surface area contributed by atoms with Gasteiger partial charge in [0.1, 0.15) is 0 Å². The Morgan fingerprint density at radius 2 is 1.48 bits per heavy atom. The fourth-order valence-corrected chi connectivity index (χ4v) is 8.89. The van der Waals surface area contributed by atoms with Gasteiger partial charge in [0, 0.05) is 28.3 Å². The maximum atomic E-state index is 14.6. The molecule has 0 aliphatic heterocycles. The van der Waals surface area contributed by atoms with E-state index < -0.39 is 20.1 Å². The van der Waals surface area contributed by atoms with Gasteiger partial charge in [0.15, 0.2) is 14.1 Å². The van der Waals surface area contributed by atoms with E-state index in [9.17, 15) is 18.0 Å². The third kappa shape index (κ3) is 5.53. The number of benzene rings is 1. The molecule has 4 aliphatic carbocycles. The number of halogens is 3. The maximum absolute atomic E-state index is 14.6. The highest BCUT2D eigenvalue weighted by atomic mass is 28.4. The van der Waals surface area contributed by atoms with Crippen LogP contribution in [0.4, 0.5) is 13.2 Å². The highest BCUT2D eigenvalue weighted by molar-refractivity contribution is 6.74. The van der Waals surface area contributed by atoms with Crippen molar-refractivity contribution in [3.8, 4) is 0 Å². The van der Waals surface area contributed by atoms with Crippen molar-refractivity contribution in [3.05, 3.63) is 63.5 Å². The van der Waals surface area contributed by atoms with Gasteiger partial charge in [0.05, 0.1) is 17.4 Å². The Bertz CT molecular complexity index is 1340. The third-order valence-electron chi connectivity index (χ3n) is 11.3. The molecule has 1 aromatic carbocycles. The lowest BCUT2D eigenvalue weighted by Crippen LogP contribution is -2.43. The molecule has 0 radical (unpaired) electrons. The van der Waals surface area contributed by atoms with Crippen LogP contribution in [0.5, 0.6) is 0 Å². The number of carbonyl (C=O) groups is 1. The molecular formula is C35H46F3NO2Si. The fourth-order valence-electron chi connectivity index (χ4n) is 7.62. The predicted molar refractivity (Wildman–Crippen MR) is 163 cm³/mol. The first-order valence-electron chi connectivity index (χ1n) is 16.2. The molecule has 0 unspecified atom stereocenters. The molecule has 1 spiro atoms. The Balaban J connectivity index is 1.56. The molecule has 0 bridgehead atoms. The zero-order valence-corrected chi connectivity index (χ0v) is 26.9. The molecule has 42 heavy (non-hydrogen) atoms. The average Bonchev–Trinajstić information content (AvgIpc) is 3.32. The van der Waals surface area contributed by atoms with Gasteiger partial charge >= 0.3 is 6.18 Å². The lowest BCUT2D eigenvalue weighted by molar-refractivity contribution is -0.137. The summed E-state index contributed by atoms with van der Waals surface area (Å²) in [6.07, 6.45) is 8.41. The molecule has 3 fully saturated rings. The van der Waals surface area contributed by atoms with E-state index in [1.165, 1.54) is 30.5 Å². The van der Waals surface area contributed by atoms with Crippen molar-refractivity contribution >= 4 is 14.1 Å². The van der Waals surface area contributed by atoms with Crippen molar-refractivity contribution in [1.82, 2.24) is 4.98 Å². The van der Waals surface area contributed by atoms with Crippen LogP contribution in [0.15, 0.2) is 24.3 Å². The molecule has 0 amide bonds. The summed E-state index contributed by atoms with van der Waals surface area (Å²) < 4.78 is 47.4. The second kappa shape index (κ2) is 10.6. The molecule has 4 aliphatic rings. The molecule has 228 valence electrons. The number of pyridine rings is 1. The summed E-state index contributed by atoms with van der Waals surface area (Å²) >= 11 is 0. The number of alkyl halides is 3. The van der Waals surface area contributed by atoms with Gasteiger partial charge in [-0.2, -0.15) is 13.2 Å². The second-order valence-electron chi connectivity index (χ2n) is 15.3. The van der Waals surface area contributed by atoms with Crippen molar-refractivity contribution in [2.45, 2.75) is 140 Å². The van der Waals surface area contributed by atoms with Gasteiger partial charge in [-0.15, -0.1) is 0 Å². The first-order valence-corrected chi connectivity index (χ1v) is 19.1. The van der Waals surface area contributed by atoms with Crippen LogP contribution in [0, 0.1) is 5.41 Å². The smallest absolute Gasteiger partial charge is 0.410 e. The standard InChI is InChI=1S/C35H46F3NO2Si/c1-33(2,3)42(4,5)41-27-21-34(18-19-34)20-26-29(27)28(22-10-6-7-11-22)30(31(39-26)23-12-8-9-13-23)32(40)24-14-16-25(17-15-24)35(36,37)38/h14-17,22-23,27H,6-13,18-21H2,1-5H3/t27-/m0/s1. The minimum Gasteiger partial charge on any atom is -0.410 e. The molecule has 1 aromatic heterocycles. The van der Waals surface area contributed by atoms with Gasteiger partial charge in [0.25, 0.3) is 0 Å². The minimum absolute atomic E-state index is 0.0466. The second-order valence-corrected chi connectivity index (χ2v) is 20.0. The molecule has 6 rings (SSSR count). The van der Waals surface area contributed by atoms with E-state index in [-0.39, 0.29) is 34.2 Å². The lowest BCUT2D eigenvalue weighted by atomic mass is 9.74. The average molecular weight is 598 g/mol. The van der Waals surface area contributed by atoms with Crippen LogP contribution in [0.3, 0.4) is 0 Å². The summed E-state index contributed by atoms with van der Waals surface area (Å²) in [5.41, 5.74) is 4.92. The van der Waals surface area contributed by atoms with Crippen LogP contribution in [0.1, 0.15) is 153 Å². The summed E-state index contributed by atoms with van der Waals surface area (Å²) in [6.45, 7) is 11.4. The molecular weight excluding hydrogens is 551 g/mol. The number of carbonyl (C=O) groups excluding carboxylic acids is 1. The minimum atomic E-state index is -4.44. The Kier molecular flexibility index (Phi) is 7.56. The Labute approximate surface area is 250 Å². The van der Waals surface area contributed by atoms with Crippen LogP contribution in [-0.4, -0.2) is 19.1 Å². The molecule has 0 N–H and O–H groups in total. The molecule has 3 nitrogen and oxygen atoms in total. The number of ketones is 1.